The number of Topliss-reactive ketones (excluding diaryl/α,β-unsaturated/α-hetero) is 1. The van der Waals surface area contributed by atoms with Crippen LogP contribution in [-0.2, 0) is 14.4 Å². The number of hydrogen-bond acceptors (Lipinski definition) is 4. The van der Waals surface area contributed by atoms with Crippen LogP contribution in [0.5, 0.6) is 0 Å². The number of amides is 2. The Bertz CT molecular complexity index is 1070. The molecule has 1 aromatic carbocycles. The summed E-state index contributed by atoms with van der Waals surface area (Å²) in [6, 6.07) is 4.13. The highest BCUT2D eigenvalue weighted by molar-refractivity contribution is 5.93. The summed E-state index contributed by atoms with van der Waals surface area (Å²) in [6.07, 6.45) is 6.81. The molecule has 7 nitrogen and oxygen atoms in total. The molecule has 8 heteroatoms. The number of hydrogen-bond donors (Lipinski definition) is 2. The van der Waals surface area contributed by atoms with Crippen LogP contribution in [0.15, 0.2) is 24.4 Å². The Hall–Kier alpha value is -3.03. The lowest BCUT2D eigenvalue weighted by Gasteiger charge is -2.24. The van der Waals surface area contributed by atoms with Crippen LogP contribution in [0.2, 0.25) is 0 Å². The standard InChI is InChI=1S/C29H41FN4O3/c1-19(2)9-12-27(36)32-24(17-28(37)34-13-7-5-6-8-14-34)26(35)16-21(4)29-31-18-25(33-29)22-11-10-20(3)15-23(22)30/h10-11,15,18-19,21,24H,5-9,12-14,16-17H2,1-4H3,(H,31,33)(H,32,36)/t21-,24+/m1/s1. The molecule has 202 valence electrons. The lowest BCUT2D eigenvalue weighted by molar-refractivity contribution is -0.135. The lowest BCUT2D eigenvalue weighted by atomic mass is 9.96. The van der Waals surface area contributed by atoms with Gasteiger partial charge in [0.15, 0.2) is 5.78 Å². The van der Waals surface area contributed by atoms with Crippen LogP contribution in [0, 0.1) is 18.7 Å². The topological polar surface area (TPSA) is 95.2 Å². The van der Waals surface area contributed by atoms with Gasteiger partial charge in [-0.15, -0.1) is 0 Å². The Kier molecular flexibility index (Phi) is 10.4. The second-order valence-corrected chi connectivity index (χ2v) is 10.8. The number of aromatic amines is 1. The van der Waals surface area contributed by atoms with Gasteiger partial charge in [-0.1, -0.05) is 39.7 Å². The molecule has 37 heavy (non-hydrogen) atoms. The van der Waals surface area contributed by atoms with E-state index in [1.54, 1.807) is 12.3 Å². The van der Waals surface area contributed by atoms with Crippen LogP contribution in [0.1, 0.15) is 89.4 Å². The molecule has 2 N–H and O–H groups in total. The maximum absolute atomic E-state index is 14.4. The average molecular weight is 513 g/mol. The van der Waals surface area contributed by atoms with Gasteiger partial charge in [-0.3, -0.25) is 14.4 Å². The summed E-state index contributed by atoms with van der Waals surface area (Å²) in [4.78, 5) is 48.4. The largest absolute Gasteiger partial charge is 0.346 e. The predicted octanol–water partition coefficient (Wildman–Crippen LogP) is 5.30. The zero-order valence-corrected chi connectivity index (χ0v) is 22.6. The van der Waals surface area contributed by atoms with Crippen molar-refractivity contribution >= 4 is 17.6 Å². The summed E-state index contributed by atoms with van der Waals surface area (Å²) >= 11 is 0. The second-order valence-electron chi connectivity index (χ2n) is 10.8. The smallest absolute Gasteiger partial charge is 0.225 e. The highest BCUT2D eigenvalue weighted by Gasteiger charge is 2.28. The monoisotopic (exact) mass is 512 g/mol. The van der Waals surface area contributed by atoms with E-state index in [0.29, 0.717) is 48.9 Å². The van der Waals surface area contributed by atoms with E-state index in [4.69, 9.17) is 0 Å². The van der Waals surface area contributed by atoms with Crippen LogP contribution in [0.4, 0.5) is 4.39 Å². The molecule has 0 aliphatic carbocycles. The first-order valence-corrected chi connectivity index (χ1v) is 13.5. The summed E-state index contributed by atoms with van der Waals surface area (Å²) in [7, 11) is 0. The van der Waals surface area contributed by atoms with E-state index in [-0.39, 0.29) is 42.2 Å². The summed E-state index contributed by atoms with van der Waals surface area (Å²) in [5, 5.41) is 2.84. The summed E-state index contributed by atoms with van der Waals surface area (Å²) in [5.74, 6) is -0.204. The van der Waals surface area contributed by atoms with E-state index in [1.165, 1.54) is 6.07 Å². The first kappa shape index (κ1) is 28.5. The molecule has 1 aliphatic rings. The molecule has 0 radical (unpaired) electrons. The SMILES string of the molecule is Cc1ccc(-c2cnc([C@H](C)CC(=O)[C@H](CC(=O)N3CCCCCC3)NC(=O)CCC(C)C)[nH]2)c(F)c1. The Morgan fingerprint density at radius 2 is 1.78 bits per heavy atom. The van der Waals surface area contributed by atoms with E-state index < -0.39 is 6.04 Å². The number of halogens is 1. The van der Waals surface area contributed by atoms with Crippen molar-refractivity contribution in [3.8, 4) is 11.3 Å². The van der Waals surface area contributed by atoms with Gasteiger partial charge in [-0.05, 0) is 49.8 Å². The molecule has 2 heterocycles. The molecule has 1 fully saturated rings. The Morgan fingerprint density at radius 3 is 2.43 bits per heavy atom. The fourth-order valence-corrected chi connectivity index (χ4v) is 4.66. The third-order valence-electron chi connectivity index (χ3n) is 6.99. The Morgan fingerprint density at radius 1 is 1.08 bits per heavy atom. The van der Waals surface area contributed by atoms with Gasteiger partial charge in [0.05, 0.1) is 24.4 Å². The van der Waals surface area contributed by atoms with Gasteiger partial charge < -0.3 is 15.2 Å². The summed E-state index contributed by atoms with van der Waals surface area (Å²) in [6.45, 7) is 9.17. The fraction of sp³-hybridized carbons (Fsp3) is 0.586. The van der Waals surface area contributed by atoms with E-state index >= 15 is 0 Å². The Balaban J connectivity index is 1.69. The number of ketones is 1. The second kappa shape index (κ2) is 13.5. The molecular formula is C29H41FN4O3. The number of likely N-dealkylation sites (tertiary alicyclic amines) is 1. The molecule has 0 bridgehead atoms. The van der Waals surface area contributed by atoms with Crippen LogP contribution in [0.3, 0.4) is 0 Å². The van der Waals surface area contributed by atoms with Crippen molar-refractivity contribution in [3.63, 3.8) is 0 Å². The van der Waals surface area contributed by atoms with Crippen molar-refractivity contribution in [2.24, 2.45) is 5.92 Å². The van der Waals surface area contributed by atoms with Crippen molar-refractivity contribution in [2.75, 3.05) is 13.1 Å². The molecule has 2 aromatic rings. The predicted molar refractivity (Wildman–Crippen MR) is 142 cm³/mol. The quantitative estimate of drug-likeness (QED) is 0.427. The number of carbonyl (C=O) groups excluding carboxylic acids is 3. The lowest BCUT2D eigenvalue weighted by Crippen LogP contribution is -2.45. The summed E-state index contributed by atoms with van der Waals surface area (Å²) in [5.41, 5.74) is 1.79. The summed E-state index contributed by atoms with van der Waals surface area (Å²) < 4.78 is 14.4. The van der Waals surface area contributed by atoms with Crippen LogP contribution >= 0.6 is 0 Å². The zero-order chi connectivity index (χ0) is 26.9. The minimum absolute atomic E-state index is 0.0308. The normalized spacial score (nSPS) is 15.8. The van der Waals surface area contributed by atoms with Gasteiger partial charge in [0, 0.05) is 37.4 Å². The molecule has 3 rings (SSSR count). The third kappa shape index (κ3) is 8.51. The Labute approximate surface area is 219 Å². The number of nitrogens with one attached hydrogen (secondary N) is 2. The first-order chi connectivity index (χ1) is 17.6. The van der Waals surface area contributed by atoms with Gasteiger partial charge >= 0.3 is 0 Å². The average Bonchev–Trinajstić information content (AvgIpc) is 3.16. The van der Waals surface area contributed by atoms with E-state index in [0.717, 1.165) is 31.2 Å². The number of H-pyrrole nitrogens is 1. The maximum atomic E-state index is 14.4. The van der Waals surface area contributed by atoms with E-state index in [9.17, 15) is 18.8 Å². The fourth-order valence-electron chi connectivity index (χ4n) is 4.66. The van der Waals surface area contributed by atoms with Crippen molar-refractivity contribution in [2.45, 2.75) is 91.0 Å². The van der Waals surface area contributed by atoms with Crippen molar-refractivity contribution < 1.29 is 18.8 Å². The van der Waals surface area contributed by atoms with E-state index in [2.05, 4.69) is 15.3 Å². The number of rotatable bonds is 11. The zero-order valence-electron chi connectivity index (χ0n) is 22.6. The van der Waals surface area contributed by atoms with E-state index in [1.807, 2.05) is 38.7 Å². The molecule has 0 spiro atoms. The third-order valence-corrected chi connectivity index (χ3v) is 6.99. The molecule has 0 saturated carbocycles. The number of aromatic nitrogens is 2. The number of carbonyl (C=O) groups is 3. The first-order valence-electron chi connectivity index (χ1n) is 13.5. The van der Waals surface area contributed by atoms with Gasteiger partial charge in [0.2, 0.25) is 11.8 Å². The molecule has 2 amide bonds. The van der Waals surface area contributed by atoms with Crippen LogP contribution in [0.25, 0.3) is 11.3 Å². The molecule has 1 aliphatic heterocycles. The van der Waals surface area contributed by atoms with Gasteiger partial charge in [-0.25, -0.2) is 9.37 Å². The molecular weight excluding hydrogens is 471 g/mol. The van der Waals surface area contributed by atoms with Gasteiger partial charge in [0.1, 0.15) is 11.6 Å². The minimum Gasteiger partial charge on any atom is -0.346 e. The number of aryl methyl sites for hydroxylation is 1. The molecule has 0 unspecified atom stereocenters. The van der Waals surface area contributed by atoms with Gasteiger partial charge in [-0.2, -0.15) is 0 Å². The van der Waals surface area contributed by atoms with Crippen molar-refractivity contribution in [3.05, 3.63) is 41.6 Å². The number of benzene rings is 1. The van der Waals surface area contributed by atoms with Crippen molar-refractivity contribution in [1.82, 2.24) is 20.2 Å². The van der Waals surface area contributed by atoms with Gasteiger partial charge in [0.25, 0.3) is 0 Å². The molecule has 1 aromatic heterocycles. The molecule has 1 saturated heterocycles. The molecule has 2 atom stereocenters. The number of nitrogens with zero attached hydrogens (tertiary/aromatic N) is 2. The number of imidazole rings is 1. The highest BCUT2D eigenvalue weighted by Crippen LogP contribution is 2.25. The van der Waals surface area contributed by atoms with Crippen LogP contribution in [-0.4, -0.2) is 51.6 Å². The maximum Gasteiger partial charge on any atom is 0.225 e. The van der Waals surface area contributed by atoms with Crippen LogP contribution < -0.4 is 5.32 Å². The minimum atomic E-state index is -0.873. The van der Waals surface area contributed by atoms with Crippen molar-refractivity contribution in [1.29, 1.82) is 0 Å². The highest BCUT2D eigenvalue weighted by atomic mass is 19.1.